The third-order valence-electron chi connectivity index (χ3n) is 2.71. The van der Waals surface area contributed by atoms with Gasteiger partial charge in [-0.25, -0.2) is 0 Å². The monoisotopic (exact) mass is 192 g/mol. The van der Waals surface area contributed by atoms with Crippen LogP contribution in [0.2, 0.25) is 0 Å². The third-order valence-corrected chi connectivity index (χ3v) is 2.71. The van der Waals surface area contributed by atoms with Gasteiger partial charge in [0.05, 0.1) is 6.10 Å². The van der Waals surface area contributed by atoms with Gasteiger partial charge in [-0.1, -0.05) is 43.7 Å². The summed E-state index contributed by atoms with van der Waals surface area (Å²) >= 11 is 0. The zero-order valence-corrected chi connectivity index (χ0v) is 9.33. The lowest BCUT2D eigenvalue weighted by Gasteiger charge is -2.15. The number of aryl methyl sites for hydroxylation is 1. The van der Waals surface area contributed by atoms with Crippen LogP contribution in [0, 0.1) is 6.92 Å². The molecule has 0 spiro atoms. The van der Waals surface area contributed by atoms with Gasteiger partial charge in [0.15, 0.2) is 0 Å². The van der Waals surface area contributed by atoms with E-state index in [0.717, 1.165) is 12.8 Å². The minimum atomic E-state index is -0.162. The second-order valence-electron chi connectivity index (χ2n) is 4.11. The largest absolute Gasteiger partial charge is 0.393 e. The van der Waals surface area contributed by atoms with Gasteiger partial charge in [0.1, 0.15) is 0 Å². The summed E-state index contributed by atoms with van der Waals surface area (Å²) in [7, 11) is 0. The fraction of sp³-hybridized carbons (Fsp3) is 0.538. The molecule has 0 aliphatic carbocycles. The zero-order valence-electron chi connectivity index (χ0n) is 9.33. The van der Waals surface area contributed by atoms with Crippen molar-refractivity contribution in [1.29, 1.82) is 0 Å². The van der Waals surface area contributed by atoms with E-state index < -0.39 is 0 Å². The summed E-state index contributed by atoms with van der Waals surface area (Å²) in [4.78, 5) is 0. The molecule has 1 rings (SSSR count). The first kappa shape index (κ1) is 11.3. The predicted molar refractivity (Wildman–Crippen MR) is 60.5 cm³/mol. The smallest absolute Gasteiger partial charge is 0.0543 e. The Hall–Kier alpha value is -0.820. The van der Waals surface area contributed by atoms with Crippen molar-refractivity contribution in [1.82, 2.24) is 0 Å². The molecule has 2 unspecified atom stereocenters. The Bertz CT molecular complexity index is 280. The number of benzene rings is 1. The van der Waals surface area contributed by atoms with Crippen molar-refractivity contribution in [3.63, 3.8) is 0 Å². The predicted octanol–water partition coefficient (Wildman–Crippen LogP) is 3.26. The minimum Gasteiger partial charge on any atom is -0.393 e. The van der Waals surface area contributed by atoms with Crippen molar-refractivity contribution in [2.24, 2.45) is 0 Å². The zero-order chi connectivity index (χ0) is 10.6. The van der Waals surface area contributed by atoms with Crippen LogP contribution in [0.5, 0.6) is 0 Å². The highest BCUT2D eigenvalue weighted by molar-refractivity contribution is 5.25. The average molecular weight is 192 g/mol. The summed E-state index contributed by atoms with van der Waals surface area (Å²) in [6.45, 7) is 6.30. The molecular weight excluding hydrogens is 172 g/mol. The molecule has 0 amide bonds. The first-order chi connectivity index (χ1) is 6.63. The Morgan fingerprint density at radius 1 is 1.36 bits per heavy atom. The van der Waals surface area contributed by atoms with Crippen molar-refractivity contribution in [3.05, 3.63) is 35.4 Å². The molecule has 1 heteroatoms. The third kappa shape index (κ3) is 3.15. The molecule has 0 aromatic heterocycles. The van der Waals surface area contributed by atoms with Crippen molar-refractivity contribution in [3.8, 4) is 0 Å². The Morgan fingerprint density at radius 3 is 2.64 bits per heavy atom. The molecule has 0 saturated carbocycles. The van der Waals surface area contributed by atoms with E-state index in [9.17, 15) is 5.11 Å². The van der Waals surface area contributed by atoms with E-state index >= 15 is 0 Å². The SMILES string of the molecule is CCC(O)CC(C)c1cccc(C)c1. The number of hydrogen-bond acceptors (Lipinski definition) is 1. The first-order valence-electron chi connectivity index (χ1n) is 5.38. The van der Waals surface area contributed by atoms with Gasteiger partial charge < -0.3 is 5.11 Å². The van der Waals surface area contributed by atoms with Gasteiger partial charge in [-0.3, -0.25) is 0 Å². The molecule has 1 N–H and O–H groups in total. The van der Waals surface area contributed by atoms with Crippen LogP contribution in [0.1, 0.15) is 43.7 Å². The molecule has 1 aromatic rings. The van der Waals surface area contributed by atoms with Gasteiger partial charge in [-0.15, -0.1) is 0 Å². The van der Waals surface area contributed by atoms with Crippen LogP contribution in [0.4, 0.5) is 0 Å². The molecule has 14 heavy (non-hydrogen) atoms. The maximum atomic E-state index is 9.56. The molecule has 0 radical (unpaired) electrons. The molecule has 1 aromatic carbocycles. The second kappa shape index (κ2) is 5.16. The lowest BCUT2D eigenvalue weighted by Crippen LogP contribution is -2.09. The Kier molecular flexibility index (Phi) is 4.15. The Morgan fingerprint density at radius 2 is 2.07 bits per heavy atom. The fourth-order valence-corrected chi connectivity index (χ4v) is 1.69. The van der Waals surface area contributed by atoms with Gasteiger partial charge in [0, 0.05) is 0 Å². The van der Waals surface area contributed by atoms with Gasteiger partial charge in [0.25, 0.3) is 0 Å². The normalized spacial score (nSPS) is 15.1. The Balaban J connectivity index is 2.64. The van der Waals surface area contributed by atoms with Crippen molar-refractivity contribution >= 4 is 0 Å². The standard InChI is InChI=1S/C13H20O/c1-4-13(14)9-11(3)12-7-5-6-10(2)8-12/h5-8,11,13-14H,4,9H2,1-3H3. The van der Waals surface area contributed by atoms with E-state index in [-0.39, 0.29) is 6.10 Å². The topological polar surface area (TPSA) is 20.2 Å². The van der Waals surface area contributed by atoms with Gasteiger partial charge >= 0.3 is 0 Å². The summed E-state index contributed by atoms with van der Waals surface area (Å²) in [6, 6.07) is 8.53. The van der Waals surface area contributed by atoms with Crippen LogP contribution < -0.4 is 0 Å². The van der Waals surface area contributed by atoms with Crippen molar-refractivity contribution in [2.75, 3.05) is 0 Å². The lowest BCUT2D eigenvalue weighted by atomic mass is 9.93. The fourth-order valence-electron chi connectivity index (χ4n) is 1.69. The van der Waals surface area contributed by atoms with Crippen LogP contribution in [0.25, 0.3) is 0 Å². The number of aliphatic hydroxyl groups excluding tert-OH is 1. The summed E-state index contributed by atoms with van der Waals surface area (Å²) in [5.74, 6) is 0.449. The summed E-state index contributed by atoms with van der Waals surface area (Å²) in [6.07, 6.45) is 1.54. The van der Waals surface area contributed by atoms with Crippen LogP contribution >= 0.6 is 0 Å². The maximum Gasteiger partial charge on any atom is 0.0543 e. The van der Waals surface area contributed by atoms with Gasteiger partial charge in [0.2, 0.25) is 0 Å². The number of rotatable bonds is 4. The quantitative estimate of drug-likeness (QED) is 0.776. The van der Waals surface area contributed by atoms with E-state index in [1.54, 1.807) is 0 Å². The van der Waals surface area contributed by atoms with Gasteiger partial charge in [-0.2, -0.15) is 0 Å². The molecule has 0 fully saturated rings. The van der Waals surface area contributed by atoms with E-state index in [1.807, 2.05) is 6.92 Å². The van der Waals surface area contributed by atoms with Crippen LogP contribution in [-0.4, -0.2) is 11.2 Å². The minimum absolute atomic E-state index is 0.162. The summed E-state index contributed by atoms with van der Waals surface area (Å²) < 4.78 is 0. The molecular formula is C13H20O. The average Bonchev–Trinajstić information content (AvgIpc) is 2.17. The van der Waals surface area contributed by atoms with Crippen molar-refractivity contribution < 1.29 is 5.11 Å². The highest BCUT2D eigenvalue weighted by atomic mass is 16.3. The molecule has 78 valence electrons. The molecule has 0 saturated heterocycles. The maximum absolute atomic E-state index is 9.56. The van der Waals surface area contributed by atoms with Crippen molar-refractivity contribution in [2.45, 2.75) is 45.6 Å². The summed E-state index contributed by atoms with van der Waals surface area (Å²) in [5.41, 5.74) is 2.62. The molecule has 0 heterocycles. The Labute approximate surface area is 86.8 Å². The van der Waals surface area contributed by atoms with Crippen LogP contribution in [0.15, 0.2) is 24.3 Å². The number of hydrogen-bond donors (Lipinski definition) is 1. The van der Waals surface area contributed by atoms with Crippen LogP contribution in [0.3, 0.4) is 0 Å². The molecule has 0 bridgehead atoms. The second-order valence-corrected chi connectivity index (χ2v) is 4.11. The van der Waals surface area contributed by atoms with E-state index in [4.69, 9.17) is 0 Å². The molecule has 0 aliphatic heterocycles. The first-order valence-corrected chi connectivity index (χ1v) is 5.38. The lowest BCUT2D eigenvalue weighted by molar-refractivity contribution is 0.153. The van der Waals surface area contributed by atoms with E-state index in [1.165, 1.54) is 11.1 Å². The van der Waals surface area contributed by atoms with Crippen LogP contribution in [-0.2, 0) is 0 Å². The molecule has 2 atom stereocenters. The highest BCUT2D eigenvalue weighted by Gasteiger charge is 2.10. The molecule has 0 aliphatic rings. The number of aliphatic hydroxyl groups is 1. The van der Waals surface area contributed by atoms with Gasteiger partial charge in [-0.05, 0) is 31.2 Å². The highest BCUT2D eigenvalue weighted by Crippen LogP contribution is 2.22. The van der Waals surface area contributed by atoms with E-state index in [2.05, 4.69) is 38.1 Å². The molecule has 1 nitrogen and oxygen atoms in total. The van der Waals surface area contributed by atoms with E-state index in [0.29, 0.717) is 5.92 Å². The summed E-state index contributed by atoms with van der Waals surface area (Å²) in [5, 5.41) is 9.56.